The van der Waals surface area contributed by atoms with Crippen molar-refractivity contribution >= 4 is 22.4 Å². The van der Waals surface area contributed by atoms with Crippen molar-refractivity contribution in [3.63, 3.8) is 0 Å². The molecule has 0 aliphatic carbocycles. The molecule has 17 heavy (non-hydrogen) atoms. The summed E-state index contributed by atoms with van der Waals surface area (Å²) in [6.45, 7) is 0. The van der Waals surface area contributed by atoms with Crippen molar-refractivity contribution in [2.75, 3.05) is 0 Å². The largest absolute Gasteiger partial charge is 0.0830 e. The zero-order chi connectivity index (χ0) is 11.7. The lowest BCUT2D eigenvalue weighted by atomic mass is 10.0. The minimum absolute atomic E-state index is 0.828. The van der Waals surface area contributed by atoms with E-state index in [0.717, 1.165) is 21.5 Å². The Morgan fingerprint density at radius 1 is 0.647 bits per heavy atom. The summed E-state index contributed by atoms with van der Waals surface area (Å²) in [6, 6.07) is 22.6. The summed E-state index contributed by atoms with van der Waals surface area (Å²) < 4.78 is 0. The molecule has 0 aliphatic heterocycles. The Morgan fingerprint density at radius 3 is 2.18 bits per heavy atom. The summed E-state index contributed by atoms with van der Waals surface area (Å²) in [6.07, 6.45) is 0. The van der Waals surface area contributed by atoms with Crippen molar-refractivity contribution < 1.29 is 0 Å². The molecular weight excluding hydrogens is 228 g/mol. The second kappa shape index (κ2) is 4.23. The quantitative estimate of drug-likeness (QED) is 0.549. The van der Waals surface area contributed by atoms with Crippen LogP contribution in [0.3, 0.4) is 0 Å². The highest BCUT2D eigenvalue weighted by Gasteiger charge is 2.06. The fourth-order valence-corrected chi connectivity index (χ4v) is 2.42. The molecule has 0 saturated carbocycles. The summed E-state index contributed by atoms with van der Waals surface area (Å²) >= 11 is 6.48. The second-order valence-corrected chi connectivity index (χ2v) is 4.39. The Balaban J connectivity index is 2.29. The lowest BCUT2D eigenvalue weighted by Crippen LogP contribution is -1.81. The summed E-state index contributed by atoms with van der Waals surface area (Å²) in [5, 5.41) is 3.11. The molecule has 82 valence electrons. The van der Waals surface area contributed by atoms with Gasteiger partial charge in [-0.05, 0) is 10.9 Å². The average Bonchev–Trinajstić information content (AvgIpc) is 2.40. The summed E-state index contributed by atoms with van der Waals surface area (Å²) in [7, 11) is 0. The Bertz CT molecular complexity index is 657. The lowest BCUT2D eigenvalue weighted by Gasteiger charge is -2.07. The van der Waals surface area contributed by atoms with Gasteiger partial charge in [0.25, 0.3) is 0 Å². The minimum Gasteiger partial charge on any atom is -0.0830 e. The molecule has 1 heteroatoms. The normalized spacial score (nSPS) is 10.6. The van der Waals surface area contributed by atoms with Gasteiger partial charge in [0.1, 0.15) is 0 Å². The van der Waals surface area contributed by atoms with Crippen LogP contribution in [0.4, 0.5) is 0 Å². The number of hydrogen-bond donors (Lipinski definition) is 0. The number of halogens is 1. The predicted octanol–water partition coefficient (Wildman–Crippen LogP) is 5.16. The van der Waals surface area contributed by atoms with Crippen LogP contribution >= 0.6 is 11.6 Å². The highest BCUT2D eigenvalue weighted by molar-refractivity contribution is 6.38. The first-order valence-corrected chi connectivity index (χ1v) is 5.97. The van der Waals surface area contributed by atoms with E-state index in [9.17, 15) is 0 Å². The molecule has 0 saturated heterocycles. The molecule has 0 aromatic heterocycles. The molecule has 3 aromatic rings. The molecule has 3 rings (SSSR count). The van der Waals surface area contributed by atoms with E-state index < -0.39 is 0 Å². The van der Waals surface area contributed by atoms with Crippen LogP contribution in [0.25, 0.3) is 21.9 Å². The average molecular weight is 239 g/mol. The van der Waals surface area contributed by atoms with Crippen molar-refractivity contribution in [3.05, 3.63) is 71.8 Å². The van der Waals surface area contributed by atoms with E-state index in [2.05, 4.69) is 36.4 Å². The van der Waals surface area contributed by atoms with Crippen LogP contribution in [-0.4, -0.2) is 0 Å². The Morgan fingerprint density at radius 2 is 1.35 bits per heavy atom. The summed E-state index contributed by atoms with van der Waals surface area (Å²) in [5.41, 5.74) is 2.24. The van der Waals surface area contributed by atoms with E-state index in [-0.39, 0.29) is 0 Å². The molecule has 0 amide bonds. The van der Waals surface area contributed by atoms with E-state index in [4.69, 9.17) is 11.6 Å². The SMILES string of the molecule is Clc1c(-c2ccccc2)ccc2ccccc12. The van der Waals surface area contributed by atoms with E-state index in [0.29, 0.717) is 0 Å². The highest BCUT2D eigenvalue weighted by atomic mass is 35.5. The summed E-state index contributed by atoms with van der Waals surface area (Å²) in [4.78, 5) is 0. The van der Waals surface area contributed by atoms with E-state index in [1.165, 1.54) is 5.39 Å². The topological polar surface area (TPSA) is 0 Å². The van der Waals surface area contributed by atoms with Crippen LogP contribution in [-0.2, 0) is 0 Å². The molecule has 0 unspecified atom stereocenters. The minimum atomic E-state index is 0.828. The standard InChI is InChI=1S/C16H11Cl/c17-16-14-9-5-4-8-13(14)10-11-15(16)12-6-2-1-3-7-12/h1-11H. The van der Waals surface area contributed by atoms with Gasteiger partial charge >= 0.3 is 0 Å². The van der Waals surface area contributed by atoms with Gasteiger partial charge in [0.15, 0.2) is 0 Å². The first-order chi connectivity index (χ1) is 8.36. The van der Waals surface area contributed by atoms with Crippen LogP contribution in [0, 0.1) is 0 Å². The van der Waals surface area contributed by atoms with Crippen LogP contribution < -0.4 is 0 Å². The smallest absolute Gasteiger partial charge is 0.0562 e. The molecule has 0 fully saturated rings. The van der Waals surface area contributed by atoms with Gasteiger partial charge in [-0.25, -0.2) is 0 Å². The zero-order valence-corrected chi connectivity index (χ0v) is 9.98. The van der Waals surface area contributed by atoms with Gasteiger partial charge in [-0.15, -0.1) is 0 Å². The monoisotopic (exact) mass is 238 g/mol. The molecule has 0 nitrogen and oxygen atoms in total. The van der Waals surface area contributed by atoms with E-state index in [1.54, 1.807) is 0 Å². The van der Waals surface area contributed by atoms with Crippen LogP contribution in [0.1, 0.15) is 0 Å². The number of benzene rings is 3. The highest BCUT2D eigenvalue weighted by Crippen LogP contribution is 2.33. The fourth-order valence-electron chi connectivity index (χ4n) is 2.07. The maximum absolute atomic E-state index is 6.48. The van der Waals surface area contributed by atoms with Gasteiger partial charge in [0, 0.05) is 10.9 Å². The molecule has 0 bridgehead atoms. The number of hydrogen-bond acceptors (Lipinski definition) is 0. The van der Waals surface area contributed by atoms with E-state index in [1.807, 2.05) is 30.3 Å². The van der Waals surface area contributed by atoms with Crippen molar-refractivity contribution in [2.45, 2.75) is 0 Å². The molecule has 0 aliphatic rings. The third-order valence-corrected chi connectivity index (χ3v) is 3.36. The van der Waals surface area contributed by atoms with Gasteiger partial charge in [-0.3, -0.25) is 0 Å². The van der Waals surface area contributed by atoms with Gasteiger partial charge in [-0.1, -0.05) is 78.3 Å². The van der Waals surface area contributed by atoms with Gasteiger partial charge in [0.2, 0.25) is 0 Å². The van der Waals surface area contributed by atoms with Gasteiger partial charge in [0.05, 0.1) is 5.02 Å². The van der Waals surface area contributed by atoms with E-state index >= 15 is 0 Å². The summed E-state index contributed by atoms with van der Waals surface area (Å²) in [5.74, 6) is 0. The Kier molecular flexibility index (Phi) is 2.58. The predicted molar refractivity (Wildman–Crippen MR) is 74.4 cm³/mol. The number of rotatable bonds is 1. The fraction of sp³-hybridized carbons (Fsp3) is 0. The zero-order valence-electron chi connectivity index (χ0n) is 9.23. The second-order valence-electron chi connectivity index (χ2n) is 4.01. The molecule has 0 atom stereocenters. The van der Waals surface area contributed by atoms with Crippen LogP contribution in [0.2, 0.25) is 5.02 Å². The van der Waals surface area contributed by atoms with Crippen molar-refractivity contribution in [1.29, 1.82) is 0 Å². The maximum atomic E-state index is 6.48. The Hall–Kier alpha value is -1.79. The first kappa shape index (κ1) is 10.4. The molecule has 0 N–H and O–H groups in total. The van der Waals surface area contributed by atoms with Crippen molar-refractivity contribution in [2.24, 2.45) is 0 Å². The maximum Gasteiger partial charge on any atom is 0.0562 e. The lowest BCUT2D eigenvalue weighted by molar-refractivity contribution is 1.64. The molecule has 0 heterocycles. The van der Waals surface area contributed by atoms with Gasteiger partial charge in [-0.2, -0.15) is 0 Å². The number of fused-ring (bicyclic) bond motifs is 1. The van der Waals surface area contributed by atoms with Crippen molar-refractivity contribution in [1.82, 2.24) is 0 Å². The molecule has 0 radical (unpaired) electrons. The van der Waals surface area contributed by atoms with Crippen LogP contribution in [0.15, 0.2) is 66.7 Å². The molecule has 0 spiro atoms. The van der Waals surface area contributed by atoms with Gasteiger partial charge < -0.3 is 0 Å². The molecule has 3 aromatic carbocycles. The van der Waals surface area contributed by atoms with Crippen LogP contribution in [0.5, 0.6) is 0 Å². The first-order valence-electron chi connectivity index (χ1n) is 5.59. The Labute approximate surface area is 105 Å². The molecular formula is C16H11Cl. The van der Waals surface area contributed by atoms with Crippen molar-refractivity contribution in [3.8, 4) is 11.1 Å². The third-order valence-electron chi connectivity index (χ3n) is 2.95. The third kappa shape index (κ3) is 1.81.